The second kappa shape index (κ2) is 3.22. The van der Waals surface area contributed by atoms with Gasteiger partial charge in [0.1, 0.15) is 5.82 Å². The van der Waals surface area contributed by atoms with E-state index in [9.17, 15) is 9.18 Å². The van der Waals surface area contributed by atoms with Crippen LogP contribution in [0.4, 0.5) is 4.39 Å². The summed E-state index contributed by atoms with van der Waals surface area (Å²) in [5.41, 5.74) is 0.571. The number of benzene rings is 2. The monoisotopic (exact) mass is 188 g/mol. The zero-order valence-electron chi connectivity index (χ0n) is 7.75. The number of fused-ring (bicyclic) bond motifs is 1. The number of carbonyl (C=O) groups is 1. The van der Waals surface area contributed by atoms with Crippen LogP contribution in [0.25, 0.3) is 10.8 Å². The zero-order chi connectivity index (χ0) is 10.1. The Bertz CT molecular complexity index is 503. The molecule has 0 saturated carbocycles. The molecule has 2 rings (SSSR count). The van der Waals surface area contributed by atoms with Crippen LogP contribution in [0.2, 0.25) is 0 Å². The van der Waals surface area contributed by atoms with Crippen LogP contribution in [0.15, 0.2) is 36.4 Å². The van der Waals surface area contributed by atoms with Gasteiger partial charge in [0.25, 0.3) is 0 Å². The molecule has 0 bridgehead atoms. The van der Waals surface area contributed by atoms with E-state index in [2.05, 4.69) is 0 Å². The van der Waals surface area contributed by atoms with Crippen molar-refractivity contribution in [3.63, 3.8) is 0 Å². The van der Waals surface area contributed by atoms with Crippen molar-refractivity contribution in [1.82, 2.24) is 0 Å². The van der Waals surface area contributed by atoms with E-state index in [-0.39, 0.29) is 11.6 Å². The summed E-state index contributed by atoms with van der Waals surface area (Å²) >= 11 is 0. The van der Waals surface area contributed by atoms with Crippen molar-refractivity contribution in [3.8, 4) is 0 Å². The second-order valence-corrected chi connectivity index (χ2v) is 3.20. The van der Waals surface area contributed by atoms with Gasteiger partial charge in [-0.2, -0.15) is 0 Å². The van der Waals surface area contributed by atoms with Crippen LogP contribution >= 0.6 is 0 Å². The van der Waals surface area contributed by atoms with Crippen molar-refractivity contribution in [1.29, 1.82) is 0 Å². The van der Waals surface area contributed by atoms with Crippen LogP contribution in [0.3, 0.4) is 0 Å². The Morgan fingerprint density at radius 2 is 1.71 bits per heavy atom. The molecule has 0 saturated heterocycles. The molecule has 0 radical (unpaired) electrons. The van der Waals surface area contributed by atoms with Gasteiger partial charge in [-0.25, -0.2) is 4.39 Å². The molecule has 70 valence electrons. The van der Waals surface area contributed by atoms with Gasteiger partial charge >= 0.3 is 0 Å². The predicted molar refractivity (Wildman–Crippen MR) is 53.9 cm³/mol. The van der Waals surface area contributed by atoms with Gasteiger partial charge in [-0.1, -0.05) is 24.3 Å². The van der Waals surface area contributed by atoms with Gasteiger partial charge < -0.3 is 0 Å². The molecule has 14 heavy (non-hydrogen) atoms. The number of Topliss-reactive ketones (excluding diaryl/α,β-unsaturated/α-hetero) is 1. The van der Waals surface area contributed by atoms with E-state index < -0.39 is 0 Å². The first-order valence-electron chi connectivity index (χ1n) is 4.38. The SMILES string of the molecule is CC(=O)c1ccc(F)c2ccccc12. The maximum absolute atomic E-state index is 13.3. The Kier molecular flexibility index (Phi) is 2.04. The lowest BCUT2D eigenvalue weighted by atomic mass is 10.0. The Hall–Kier alpha value is -1.70. The van der Waals surface area contributed by atoms with Crippen molar-refractivity contribution in [2.24, 2.45) is 0 Å². The first-order valence-corrected chi connectivity index (χ1v) is 4.38. The van der Waals surface area contributed by atoms with Gasteiger partial charge in [0.05, 0.1) is 0 Å². The minimum absolute atomic E-state index is 0.0406. The molecular weight excluding hydrogens is 179 g/mol. The molecule has 0 aliphatic carbocycles. The Morgan fingerprint density at radius 1 is 1.07 bits per heavy atom. The largest absolute Gasteiger partial charge is 0.294 e. The summed E-state index contributed by atoms with van der Waals surface area (Å²) in [6.07, 6.45) is 0. The summed E-state index contributed by atoms with van der Waals surface area (Å²) in [6.45, 7) is 1.49. The number of hydrogen-bond donors (Lipinski definition) is 0. The Morgan fingerprint density at radius 3 is 2.36 bits per heavy atom. The molecule has 0 fully saturated rings. The topological polar surface area (TPSA) is 17.1 Å². The van der Waals surface area contributed by atoms with E-state index in [1.54, 1.807) is 24.3 Å². The first kappa shape index (κ1) is 8.88. The summed E-state index contributed by atoms with van der Waals surface area (Å²) in [5, 5.41) is 1.18. The Balaban J connectivity index is 2.88. The highest BCUT2D eigenvalue weighted by Crippen LogP contribution is 2.21. The standard InChI is InChI=1S/C12H9FO/c1-8(14)9-6-7-12(13)11-5-3-2-4-10(9)11/h2-7H,1H3. The van der Waals surface area contributed by atoms with Crippen molar-refractivity contribution in [3.05, 3.63) is 47.8 Å². The molecule has 2 aromatic carbocycles. The average Bonchev–Trinajstić information content (AvgIpc) is 2.18. The molecule has 0 spiro atoms. The van der Waals surface area contributed by atoms with Crippen LogP contribution in [0.1, 0.15) is 17.3 Å². The van der Waals surface area contributed by atoms with Crippen molar-refractivity contribution < 1.29 is 9.18 Å². The van der Waals surface area contributed by atoms with E-state index in [4.69, 9.17) is 0 Å². The van der Waals surface area contributed by atoms with Crippen LogP contribution in [-0.2, 0) is 0 Å². The molecule has 0 atom stereocenters. The van der Waals surface area contributed by atoms with Crippen LogP contribution in [-0.4, -0.2) is 5.78 Å². The van der Waals surface area contributed by atoms with Gasteiger partial charge in [-0.05, 0) is 24.4 Å². The number of halogens is 1. The summed E-state index contributed by atoms with van der Waals surface area (Å²) in [6, 6.07) is 9.86. The third-order valence-corrected chi connectivity index (χ3v) is 2.25. The lowest BCUT2D eigenvalue weighted by molar-refractivity contribution is 0.101. The van der Waals surface area contributed by atoms with Gasteiger partial charge in [-0.15, -0.1) is 0 Å². The van der Waals surface area contributed by atoms with E-state index in [1.807, 2.05) is 0 Å². The zero-order valence-corrected chi connectivity index (χ0v) is 7.75. The van der Waals surface area contributed by atoms with E-state index in [1.165, 1.54) is 19.1 Å². The number of rotatable bonds is 1. The molecule has 2 aromatic rings. The quantitative estimate of drug-likeness (QED) is 0.628. The normalized spacial score (nSPS) is 10.4. The fraction of sp³-hybridized carbons (Fsp3) is 0.0833. The molecule has 1 nitrogen and oxygen atoms in total. The summed E-state index contributed by atoms with van der Waals surface area (Å²) in [7, 11) is 0. The van der Waals surface area contributed by atoms with E-state index in [0.717, 1.165) is 0 Å². The van der Waals surface area contributed by atoms with Crippen molar-refractivity contribution in [2.45, 2.75) is 6.92 Å². The highest BCUT2D eigenvalue weighted by molar-refractivity contribution is 6.07. The molecule has 0 amide bonds. The van der Waals surface area contributed by atoms with Gasteiger partial charge in [0.15, 0.2) is 5.78 Å². The highest BCUT2D eigenvalue weighted by atomic mass is 19.1. The molecule has 0 N–H and O–H groups in total. The van der Waals surface area contributed by atoms with E-state index >= 15 is 0 Å². The predicted octanol–water partition coefficient (Wildman–Crippen LogP) is 3.18. The molecule has 2 heteroatoms. The molecule has 0 aliphatic rings. The minimum atomic E-state index is -0.286. The fourth-order valence-corrected chi connectivity index (χ4v) is 1.57. The molecule has 0 aliphatic heterocycles. The average molecular weight is 188 g/mol. The van der Waals surface area contributed by atoms with Crippen molar-refractivity contribution >= 4 is 16.6 Å². The van der Waals surface area contributed by atoms with Gasteiger partial charge in [-0.3, -0.25) is 4.79 Å². The highest BCUT2D eigenvalue weighted by Gasteiger charge is 2.07. The fourth-order valence-electron chi connectivity index (χ4n) is 1.57. The number of carbonyl (C=O) groups excluding carboxylic acids is 1. The molecule has 0 heterocycles. The van der Waals surface area contributed by atoms with Crippen LogP contribution in [0.5, 0.6) is 0 Å². The third kappa shape index (κ3) is 1.29. The first-order chi connectivity index (χ1) is 6.70. The summed E-state index contributed by atoms with van der Waals surface area (Å²) < 4.78 is 13.3. The summed E-state index contributed by atoms with van der Waals surface area (Å²) in [5.74, 6) is -0.327. The van der Waals surface area contributed by atoms with Gasteiger partial charge in [0, 0.05) is 10.9 Å². The minimum Gasteiger partial charge on any atom is -0.294 e. The Labute approximate surface area is 81.2 Å². The summed E-state index contributed by atoms with van der Waals surface area (Å²) in [4.78, 5) is 11.2. The van der Waals surface area contributed by atoms with Gasteiger partial charge in [0.2, 0.25) is 0 Å². The van der Waals surface area contributed by atoms with Crippen LogP contribution < -0.4 is 0 Å². The second-order valence-electron chi connectivity index (χ2n) is 3.20. The third-order valence-electron chi connectivity index (χ3n) is 2.25. The molecule has 0 unspecified atom stereocenters. The number of ketones is 1. The lowest BCUT2D eigenvalue weighted by Crippen LogP contribution is -1.94. The molecule has 0 aromatic heterocycles. The smallest absolute Gasteiger partial charge is 0.160 e. The maximum atomic E-state index is 13.3. The van der Waals surface area contributed by atoms with Crippen LogP contribution in [0, 0.1) is 5.82 Å². The van der Waals surface area contributed by atoms with E-state index in [0.29, 0.717) is 16.3 Å². The lowest BCUT2D eigenvalue weighted by Gasteiger charge is -2.03. The van der Waals surface area contributed by atoms with Crippen molar-refractivity contribution in [2.75, 3.05) is 0 Å². The molecular formula is C12H9FO. The number of hydrogen-bond acceptors (Lipinski definition) is 1. The maximum Gasteiger partial charge on any atom is 0.160 e.